The zero-order chi connectivity index (χ0) is 15.6. The molecule has 1 atom stereocenters. The number of methoxy groups -OCH3 is 1. The fraction of sp³-hybridized carbons (Fsp3) is 0.500. The first kappa shape index (κ1) is 15.5. The van der Waals surface area contributed by atoms with Crippen molar-refractivity contribution in [2.75, 3.05) is 7.11 Å². The van der Waals surface area contributed by atoms with E-state index in [4.69, 9.17) is 15.0 Å². The molecule has 0 aliphatic carbocycles. The lowest BCUT2D eigenvalue weighted by Gasteiger charge is -2.30. The highest BCUT2D eigenvalue weighted by molar-refractivity contribution is 5.63. The van der Waals surface area contributed by atoms with Crippen LogP contribution in [0.3, 0.4) is 0 Å². The lowest BCUT2D eigenvalue weighted by molar-refractivity contribution is 0.243. The van der Waals surface area contributed by atoms with Crippen LogP contribution in [-0.4, -0.2) is 23.3 Å². The van der Waals surface area contributed by atoms with Crippen molar-refractivity contribution < 1.29 is 9.26 Å². The van der Waals surface area contributed by atoms with Crippen LogP contribution in [-0.2, 0) is 5.41 Å². The molecule has 2 rings (SSSR count). The molecule has 1 aromatic carbocycles. The topological polar surface area (TPSA) is 74.2 Å². The summed E-state index contributed by atoms with van der Waals surface area (Å²) in [5.41, 5.74) is 6.70. The van der Waals surface area contributed by atoms with E-state index in [1.54, 1.807) is 7.11 Å². The molecule has 2 aromatic rings. The quantitative estimate of drug-likeness (QED) is 0.915. The van der Waals surface area contributed by atoms with Gasteiger partial charge in [-0.05, 0) is 31.9 Å². The predicted molar refractivity (Wildman–Crippen MR) is 82.1 cm³/mol. The van der Waals surface area contributed by atoms with Gasteiger partial charge in [-0.1, -0.05) is 31.1 Å². The van der Waals surface area contributed by atoms with E-state index in [2.05, 4.69) is 24.0 Å². The normalized spacial score (nSPS) is 13.5. The van der Waals surface area contributed by atoms with Crippen molar-refractivity contribution in [3.05, 3.63) is 30.2 Å². The lowest BCUT2D eigenvalue weighted by atomic mass is 9.79. The smallest absolute Gasteiger partial charge is 0.234 e. The van der Waals surface area contributed by atoms with Gasteiger partial charge in [-0.15, -0.1) is 0 Å². The molecule has 0 spiro atoms. The number of aromatic nitrogens is 2. The highest BCUT2D eigenvalue weighted by atomic mass is 16.5. The first-order valence-corrected chi connectivity index (χ1v) is 7.11. The Hall–Kier alpha value is -1.88. The Labute approximate surface area is 125 Å². The highest BCUT2D eigenvalue weighted by Gasteiger charge is 2.36. The van der Waals surface area contributed by atoms with Crippen LogP contribution in [0, 0.1) is 5.92 Å². The molecule has 0 amide bonds. The summed E-state index contributed by atoms with van der Waals surface area (Å²) in [4.78, 5) is 4.53. The van der Waals surface area contributed by atoms with Gasteiger partial charge in [0, 0.05) is 6.04 Å². The predicted octanol–water partition coefficient (Wildman–Crippen LogP) is 3.01. The molecule has 5 heteroatoms. The van der Waals surface area contributed by atoms with Crippen molar-refractivity contribution in [3.63, 3.8) is 0 Å². The monoisotopic (exact) mass is 289 g/mol. The van der Waals surface area contributed by atoms with Crippen molar-refractivity contribution in [3.8, 4) is 17.1 Å². The van der Waals surface area contributed by atoms with Gasteiger partial charge >= 0.3 is 0 Å². The van der Waals surface area contributed by atoms with Crippen molar-refractivity contribution in [2.45, 2.75) is 39.2 Å². The van der Waals surface area contributed by atoms with E-state index in [0.717, 1.165) is 11.3 Å². The average Bonchev–Trinajstić information content (AvgIpc) is 2.96. The number of ether oxygens (including phenoxy) is 1. The van der Waals surface area contributed by atoms with Crippen LogP contribution in [0.15, 0.2) is 28.8 Å². The first-order valence-electron chi connectivity index (χ1n) is 7.11. The minimum atomic E-state index is -0.387. The molecule has 0 saturated carbocycles. The van der Waals surface area contributed by atoms with Crippen LogP contribution in [0.4, 0.5) is 0 Å². The van der Waals surface area contributed by atoms with Gasteiger partial charge in [0.05, 0.1) is 18.1 Å². The molecule has 0 saturated heterocycles. The van der Waals surface area contributed by atoms with Crippen molar-refractivity contribution in [1.29, 1.82) is 0 Å². The second-order valence-corrected chi connectivity index (χ2v) is 6.11. The van der Waals surface area contributed by atoms with Gasteiger partial charge in [0.15, 0.2) is 0 Å². The zero-order valence-electron chi connectivity index (χ0n) is 13.3. The molecular weight excluding hydrogens is 266 g/mol. The lowest BCUT2D eigenvalue weighted by Crippen LogP contribution is -2.44. The van der Waals surface area contributed by atoms with E-state index in [9.17, 15) is 0 Å². The van der Waals surface area contributed by atoms with Crippen LogP contribution < -0.4 is 10.5 Å². The molecule has 114 valence electrons. The van der Waals surface area contributed by atoms with E-state index in [-0.39, 0.29) is 11.5 Å². The molecule has 1 heterocycles. The SMILES string of the molecule is COc1ccccc1-c1noc(C(C)(C)C(N)C(C)C)n1. The Morgan fingerprint density at radius 2 is 1.90 bits per heavy atom. The van der Waals surface area contributed by atoms with Crippen LogP contribution in [0.5, 0.6) is 5.75 Å². The maximum Gasteiger partial charge on any atom is 0.234 e. The van der Waals surface area contributed by atoms with E-state index < -0.39 is 0 Å². The van der Waals surface area contributed by atoms with Gasteiger partial charge in [-0.25, -0.2) is 0 Å². The largest absolute Gasteiger partial charge is 0.496 e. The summed E-state index contributed by atoms with van der Waals surface area (Å²) in [5.74, 6) is 2.11. The van der Waals surface area contributed by atoms with Gasteiger partial charge in [0.2, 0.25) is 11.7 Å². The summed E-state index contributed by atoms with van der Waals surface area (Å²) in [6.07, 6.45) is 0. The summed E-state index contributed by atoms with van der Waals surface area (Å²) in [7, 11) is 1.62. The van der Waals surface area contributed by atoms with Gasteiger partial charge in [-0.3, -0.25) is 0 Å². The molecule has 0 aliphatic heterocycles. The summed E-state index contributed by atoms with van der Waals surface area (Å²) < 4.78 is 10.8. The zero-order valence-corrected chi connectivity index (χ0v) is 13.3. The third-order valence-corrected chi connectivity index (χ3v) is 3.88. The van der Waals surface area contributed by atoms with E-state index in [0.29, 0.717) is 17.6 Å². The van der Waals surface area contributed by atoms with Crippen LogP contribution >= 0.6 is 0 Å². The Morgan fingerprint density at radius 3 is 2.52 bits per heavy atom. The molecular formula is C16H23N3O2. The Morgan fingerprint density at radius 1 is 1.24 bits per heavy atom. The molecule has 0 fully saturated rings. The fourth-order valence-electron chi connectivity index (χ4n) is 2.40. The van der Waals surface area contributed by atoms with E-state index >= 15 is 0 Å². The maximum absolute atomic E-state index is 6.28. The van der Waals surface area contributed by atoms with Crippen LogP contribution in [0.2, 0.25) is 0 Å². The fourth-order valence-corrected chi connectivity index (χ4v) is 2.40. The summed E-state index contributed by atoms with van der Waals surface area (Å²) in [6, 6.07) is 7.53. The Kier molecular flexibility index (Phi) is 4.32. The summed E-state index contributed by atoms with van der Waals surface area (Å²) in [5, 5.41) is 4.08. The van der Waals surface area contributed by atoms with Crippen molar-refractivity contribution in [2.24, 2.45) is 11.7 Å². The number of nitrogens with zero attached hydrogens (tertiary/aromatic N) is 2. The number of benzene rings is 1. The van der Waals surface area contributed by atoms with E-state index in [1.165, 1.54) is 0 Å². The molecule has 0 aliphatic rings. The van der Waals surface area contributed by atoms with Crippen LogP contribution in [0.25, 0.3) is 11.4 Å². The second-order valence-electron chi connectivity index (χ2n) is 6.11. The summed E-state index contributed by atoms with van der Waals surface area (Å²) in [6.45, 7) is 8.22. The van der Waals surface area contributed by atoms with Gasteiger partial charge in [-0.2, -0.15) is 4.98 Å². The molecule has 1 aromatic heterocycles. The summed E-state index contributed by atoms with van der Waals surface area (Å²) >= 11 is 0. The Balaban J connectivity index is 2.38. The number of para-hydroxylation sites is 1. The Bertz CT molecular complexity index is 605. The molecule has 21 heavy (non-hydrogen) atoms. The minimum absolute atomic E-state index is 0.0662. The first-order chi connectivity index (χ1) is 9.87. The second kappa shape index (κ2) is 5.85. The number of nitrogens with two attached hydrogens (primary N) is 1. The van der Waals surface area contributed by atoms with Gasteiger partial charge in [0.25, 0.3) is 0 Å². The van der Waals surface area contributed by atoms with Crippen molar-refractivity contribution >= 4 is 0 Å². The van der Waals surface area contributed by atoms with Gasteiger partial charge in [0.1, 0.15) is 5.75 Å². The number of rotatable bonds is 5. The third-order valence-electron chi connectivity index (χ3n) is 3.88. The highest BCUT2D eigenvalue weighted by Crippen LogP contribution is 2.32. The molecule has 0 radical (unpaired) electrons. The molecule has 2 N–H and O–H groups in total. The molecule has 5 nitrogen and oxygen atoms in total. The van der Waals surface area contributed by atoms with Crippen molar-refractivity contribution in [1.82, 2.24) is 10.1 Å². The van der Waals surface area contributed by atoms with Crippen LogP contribution in [0.1, 0.15) is 33.6 Å². The van der Waals surface area contributed by atoms with Gasteiger partial charge < -0.3 is 15.0 Å². The standard InChI is InChI=1S/C16H23N3O2/c1-10(2)13(17)16(3,4)15-18-14(19-21-15)11-8-6-7-9-12(11)20-5/h6-10,13H,17H2,1-5H3. The maximum atomic E-state index is 6.28. The molecule has 1 unspecified atom stereocenters. The number of hydrogen-bond donors (Lipinski definition) is 1. The van der Waals surface area contributed by atoms with E-state index in [1.807, 2.05) is 38.1 Å². The molecule has 0 bridgehead atoms. The average molecular weight is 289 g/mol. The number of hydrogen-bond acceptors (Lipinski definition) is 5. The minimum Gasteiger partial charge on any atom is -0.496 e. The third kappa shape index (κ3) is 2.93.